The van der Waals surface area contributed by atoms with Crippen molar-refractivity contribution < 1.29 is 14.0 Å². The summed E-state index contributed by atoms with van der Waals surface area (Å²) in [5.41, 5.74) is 3.26. The number of nitrogens with one attached hydrogen (secondary N) is 2. The van der Waals surface area contributed by atoms with Crippen LogP contribution in [0.1, 0.15) is 55.9 Å². The third kappa shape index (κ3) is 4.84. The molecule has 2 aromatic heterocycles. The predicted octanol–water partition coefficient (Wildman–Crippen LogP) is 3.69. The maximum Gasteiger partial charge on any atom is 0.280 e. The second kappa shape index (κ2) is 9.88. The molecule has 0 radical (unpaired) electrons. The van der Waals surface area contributed by atoms with Gasteiger partial charge in [-0.15, -0.1) is 0 Å². The number of rotatable bonds is 5. The molecule has 186 valence electrons. The summed E-state index contributed by atoms with van der Waals surface area (Å²) in [5.74, 6) is -0.804. The third-order valence-electron chi connectivity index (χ3n) is 6.56. The van der Waals surface area contributed by atoms with E-state index in [1.165, 1.54) is 30.6 Å². The van der Waals surface area contributed by atoms with Crippen LogP contribution in [0.25, 0.3) is 16.7 Å². The van der Waals surface area contributed by atoms with E-state index in [-0.39, 0.29) is 23.9 Å². The number of fused-ring (bicyclic) bond motifs is 1. The van der Waals surface area contributed by atoms with Crippen LogP contribution in [0.5, 0.6) is 0 Å². The summed E-state index contributed by atoms with van der Waals surface area (Å²) >= 11 is 0. The molecule has 2 N–H and O–H groups in total. The molecule has 0 saturated heterocycles. The van der Waals surface area contributed by atoms with Crippen molar-refractivity contribution in [3.8, 4) is 5.69 Å². The molecule has 1 aliphatic carbocycles. The monoisotopic (exact) mass is 489 g/mol. The topological polar surface area (TPSA) is 110 Å². The predicted molar refractivity (Wildman–Crippen MR) is 132 cm³/mol. The summed E-state index contributed by atoms with van der Waals surface area (Å²) in [6.07, 6.45) is 6.14. The summed E-state index contributed by atoms with van der Waals surface area (Å²) < 4.78 is 17.1. The fourth-order valence-electron chi connectivity index (χ4n) is 4.81. The lowest BCUT2D eigenvalue weighted by molar-refractivity contribution is -0.126. The smallest absolute Gasteiger partial charge is 0.280 e. The van der Waals surface area contributed by atoms with E-state index in [4.69, 9.17) is 0 Å². The number of carbonyl (C=O) groups is 2. The number of H-pyrrole nitrogens is 1. The van der Waals surface area contributed by atoms with E-state index in [0.29, 0.717) is 11.2 Å². The number of amides is 2. The van der Waals surface area contributed by atoms with Crippen molar-refractivity contribution in [2.75, 3.05) is 0 Å². The Bertz CT molecular complexity index is 1440. The fourth-order valence-corrected chi connectivity index (χ4v) is 4.81. The van der Waals surface area contributed by atoms with Gasteiger partial charge in [-0.25, -0.2) is 14.1 Å². The number of carbonyl (C=O) groups excluding carboxylic acids is 2. The Labute approximate surface area is 207 Å². The molecule has 2 heterocycles. The van der Waals surface area contributed by atoms with Crippen LogP contribution in [-0.4, -0.2) is 42.2 Å². The average molecular weight is 490 g/mol. The molecule has 2 aromatic carbocycles. The average Bonchev–Trinajstić information content (AvgIpc) is 3.52. The van der Waals surface area contributed by atoms with Crippen LogP contribution in [0.4, 0.5) is 4.39 Å². The lowest BCUT2D eigenvalue weighted by Gasteiger charge is -2.29. The van der Waals surface area contributed by atoms with Crippen molar-refractivity contribution in [1.82, 2.24) is 29.6 Å². The van der Waals surface area contributed by atoms with E-state index >= 15 is 0 Å². The van der Waals surface area contributed by atoms with Crippen LogP contribution in [0, 0.1) is 11.7 Å². The Morgan fingerprint density at radius 2 is 1.86 bits per heavy atom. The van der Waals surface area contributed by atoms with Gasteiger partial charge in [-0.1, -0.05) is 0 Å². The summed E-state index contributed by atoms with van der Waals surface area (Å²) in [7, 11) is 0. The molecule has 36 heavy (non-hydrogen) atoms. The van der Waals surface area contributed by atoms with Gasteiger partial charge in [0.2, 0.25) is 11.5 Å². The maximum absolute atomic E-state index is 13.3. The van der Waals surface area contributed by atoms with E-state index in [9.17, 15) is 14.0 Å². The summed E-state index contributed by atoms with van der Waals surface area (Å²) in [5, 5.41) is 7.24. The van der Waals surface area contributed by atoms with Crippen molar-refractivity contribution in [3.05, 3.63) is 72.1 Å². The highest BCUT2D eigenvalue weighted by molar-refractivity contribution is 5.95. The Kier molecular flexibility index (Phi) is 6.49. The van der Waals surface area contributed by atoms with Crippen molar-refractivity contribution in [2.24, 2.45) is 10.9 Å². The quantitative estimate of drug-likeness (QED) is 0.446. The summed E-state index contributed by atoms with van der Waals surface area (Å²) in [6, 6.07) is 11.3. The third-order valence-corrected chi connectivity index (χ3v) is 6.56. The SMILES string of the molecule is CC(C)NC(=O)[C@H]1CC[C@@H](n2/c(=N/C(=O)c3ccc(F)cc3)[nH]c3ccc(-n4cncn4)cc32)CC1. The van der Waals surface area contributed by atoms with Gasteiger partial charge < -0.3 is 14.9 Å². The van der Waals surface area contributed by atoms with E-state index in [2.05, 4.69) is 25.4 Å². The second-order valence-corrected chi connectivity index (χ2v) is 9.45. The van der Waals surface area contributed by atoms with Crippen LogP contribution in [0.2, 0.25) is 0 Å². The second-order valence-electron chi connectivity index (χ2n) is 9.45. The molecule has 0 unspecified atom stereocenters. The molecule has 5 rings (SSSR count). The maximum atomic E-state index is 13.3. The zero-order valence-electron chi connectivity index (χ0n) is 20.2. The minimum atomic E-state index is -0.461. The number of nitrogens with zero attached hydrogens (tertiary/aromatic N) is 5. The van der Waals surface area contributed by atoms with Crippen LogP contribution >= 0.6 is 0 Å². The molecule has 4 aromatic rings. The minimum Gasteiger partial charge on any atom is -0.354 e. The van der Waals surface area contributed by atoms with Crippen LogP contribution in [0.3, 0.4) is 0 Å². The van der Waals surface area contributed by atoms with Gasteiger partial charge in [0.15, 0.2) is 0 Å². The molecule has 9 nitrogen and oxygen atoms in total. The Morgan fingerprint density at radius 3 is 2.53 bits per heavy atom. The Balaban J connectivity index is 1.54. The number of hydrogen-bond donors (Lipinski definition) is 2. The lowest BCUT2D eigenvalue weighted by atomic mass is 9.85. The lowest BCUT2D eigenvalue weighted by Crippen LogP contribution is -2.38. The van der Waals surface area contributed by atoms with E-state index in [0.717, 1.165) is 42.4 Å². The molecule has 1 aliphatic rings. The standard InChI is InChI=1S/C26H28FN7O2/c1-16(2)30-24(35)18-5-9-20(10-6-18)34-23-13-21(33-15-28-14-29-33)11-12-22(23)31-26(34)32-25(36)17-3-7-19(27)8-4-17/h3-4,7-8,11-16,18,20H,5-6,9-10H2,1-2H3,(H,30,35)(H,31,32,36)/t18-,20+. The highest BCUT2D eigenvalue weighted by Gasteiger charge is 2.29. The number of aromatic amines is 1. The van der Waals surface area contributed by atoms with E-state index in [1.54, 1.807) is 11.0 Å². The van der Waals surface area contributed by atoms with Crippen LogP contribution in [0.15, 0.2) is 60.1 Å². The first-order valence-corrected chi connectivity index (χ1v) is 12.1. The number of benzene rings is 2. The van der Waals surface area contributed by atoms with Crippen molar-refractivity contribution in [3.63, 3.8) is 0 Å². The largest absolute Gasteiger partial charge is 0.354 e. The van der Waals surface area contributed by atoms with Gasteiger partial charge in [0.25, 0.3) is 5.91 Å². The molecule has 10 heteroatoms. The number of halogens is 1. The zero-order valence-corrected chi connectivity index (χ0v) is 20.2. The normalized spacial score (nSPS) is 18.6. The summed E-state index contributed by atoms with van der Waals surface area (Å²) in [4.78, 5) is 37.2. The first-order valence-electron chi connectivity index (χ1n) is 12.1. The summed E-state index contributed by atoms with van der Waals surface area (Å²) in [6.45, 7) is 3.92. The fraction of sp³-hybridized carbons (Fsp3) is 0.346. The van der Waals surface area contributed by atoms with Crippen molar-refractivity contribution >= 4 is 22.8 Å². The molecule has 0 spiro atoms. The van der Waals surface area contributed by atoms with Gasteiger partial charge in [0, 0.05) is 23.6 Å². The molecule has 1 saturated carbocycles. The molecular weight excluding hydrogens is 461 g/mol. The van der Waals surface area contributed by atoms with Crippen molar-refractivity contribution in [1.29, 1.82) is 0 Å². The van der Waals surface area contributed by atoms with Crippen LogP contribution < -0.4 is 10.9 Å². The van der Waals surface area contributed by atoms with Crippen molar-refractivity contribution in [2.45, 2.75) is 51.6 Å². The number of aromatic nitrogens is 5. The molecule has 2 amide bonds. The Hall–Kier alpha value is -4.08. The first kappa shape index (κ1) is 23.7. The van der Waals surface area contributed by atoms with E-state index < -0.39 is 11.7 Å². The highest BCUT2D eigenvalue weighted by atomic mass is 19.1. The van der Waals surface area contributed by atoms with E-state index in [1.807, 2.05) is 36.6 Å². The van der Waals surface area contributed by atoms with Gasteiger partial charge in [0.05, 0.1) is 16.7 Å². The van der Waals surface area contributed by atoms with Gasteiger partial charge in [0.1, 0.15) is 18.5 Å². The van der Waals surface area contributed by atoms with Gasteiger partial charge in [-0.05, 0) is 82.0 Å². The van der Waals surface area contributed by atoms with Gasteiger partial charge in [-0.2, -0.15) is 10.1 Å². The highest BCUT2D eigenvalue weighted by Crippen LogP contribution is 2.33. The number of imidazole rings is 1. The molecule has 0 aliphatic heterocycles. The first-order chi connectivity index (χ1) is 17.4. The molecule has 0 bridgehead atoms. The molecule has 1 fully saturated rings. The minimum absolute atomic E-state index is 0.0265. The molecular formula is C26H28FN7O2. The van der Waals surface area contributed by atoms with Crippen LogP contribution in [-0.2, 0) is 4.79 Å². The molecule has 0 atom stereocenters. The number of hydrogen-bond acceptors (Lipinski definition) is 4. The zero-order chi connectivity index (χ0) is 25.2. The Morgan fingerprint density at radius 1 is 1.11 bits per heavy atom. The van der Waals surface area contributed by atoms with Gasteiger partial charge in [-0.3, -0.25) is 9.59 Å². The van der Waals surface area contributed by atoms with Gasteiger partial charge >= 0.3 is 0 Å².